The van der Waals surface area contributed by atoms with Gasteiger partial charge in [0.2, 0.25) is 0 Å². The number of nitrogens with one attached hydrogen (secondary N) is 1. The average Bonchev–Trinajstić information content (AvgIpc) is 2.30. The molecule has 1 N–H and O–H groups in total. The predicted molar refractivity (Wildman–Crippen MR) is 63.0 cm³/mol. The van der Waals surface area contributed by atoms with E-state index in [1.165, 1.54) is 4.90 Å². The largest absolute Gasteiger partial charge is 0.322 e. The lowest BCUT2D eigenvalue weighted by Crippen LogP contribution is -2.37. The van der Waals surface area contributed by atoms with E-state index in [2.05, 4.69) is 5.32 Å². The summed E-state index contributed by atoms with van der Waals surface area (Å²) in [6.07, 6.45) is 0. The average molecular weight is 217 g/mol. The second kappa shape index (κ2) is 5.17. The molecule has 1 unspecified atom stereocenters. The van der Waals surface area contributed by atoms with Crippen molar-refractivity contribution in [1.82, 2.24) is 4.90 Å². The molecule has 84 valence electrons. The molecule has 0 saturated heterocycles. The molecule has 0 aliphatic rings. The smallest absolute Gasteiger partial charge is 0.312 e. The number of nitrogens with zero attached hydrogens (tertiary/aromatic N) is 2. The molecule has 0 radical (unpaired) electrons. The van der Waals surface area contributed by atoms with Gasteiger partial charge in [-0.2, -0.15) is 5.26 Å². The van der Waals surface area contributed by atoms with Gasteiger partial charge in [-0.05, 0) is 26.0 Å². The molecule has 0 spiro atoms. The maximum Gasteiger partial charge on any atom is 0.322 e. The number of hydrogen-bond donors (Lipinski definition) is 1. The van der Waals surface area contributed by atoms with E-state index < -0.39 is 6.04 Å². The van der Waals surface area contributed by atoms with Crippen LogP contribution in [0.15, 0.2) is 24.3 Å². The van der Waals surface area contributed by atoms with E-state index in [-0.39, 0.29) is 6.03 Å². The number of rotatable bonds is 2. The Morgan fingerprint density at radius 2 is 2.00 bits per heavy atom. The molecule has 16 heavy (non-hydrogen) atoms. The Kier molecular flexibility index (Phi) is 3.90. The summed E-state index contributed by atoms with van der Waals surface area (Å²) in [4.78, 5) is 13.0. The molecule has 2 amide bonds. The lowest BCUT2D eigenvalue weighted by molar-refractivity contribution is 0.217. The SMILES string of the molecule is Cc1ccc(NC(=O)N(C)C(C)C#N)cc1. The molecule has 0 bridgehead atoms. The molecule has 4 nitrogen and oxygen atoms in total. The summed E-state index contributed by atoms with van der Waals surface area (Å²) in [5.41, 5.74) is 1.87. The van der Waals surface area contributed by atoms with Crippen LogP contribution in [0.2, 0.25) is 0 Å². The Balaban J connectivity index is 2.65. The minimum absolute atomic E-state index is 0.280. The first-order valence-electron chi connectivity index (χ1n) is 5.04. The molecule has 4 heteroatoms. The summed E-state index contributed by atoms with van der Waals surface area (Å²) in [6, 6.07) is 8.79. The Morgan fingerprint density at radius 1 is 1.44 bits per heavy atom. The zero-order chi connectivity index (χ0) is 12.1. The molecule has 0 aromatic heterocycles. The molecule has 0 fully saturated rings. The molecule has 0 aliphatic carbocycles. The van der Waals surface area contributed by atoms with Gasteiger partial charge in [0.05, 0.1) is 6.07 Å². The highest BCUT2D eigenvalue weighted by Crippen LogP contribution is 2.09. The fourth-order valence-electron chi connectivity index (χ4n) is 1.11. The second-order valence-electron chi connectivity index (χ2n) is 3.71. The minimum atomic E-state index is -0.439. The van der Waals surface area contributed by atoms with Gasteiger partial charge in [-0.1, -0.05) is 17.7 Å². The quantitative estimate of drug-likeness (QED) is 0.826. The van der Waals surface area contributed by atoms with Crippen LogP contribution in [0, 0.1) is 18.3 Å². The number of aryl methyl sites for hydroxylation is 1. The van der Waals surface area contributed by atoms with E-state index in [4.69, 9.17) is 5.26 Å². The fourth-order valence-corrected chi connectivity index (χ4v) is 1.11. The van der Waals surface area contributed by atoms with E-state index in [9.17, 15) is 4.79 Å². The summed E-state index contributed by atoms with van der Waals surface area (Å²) < 4.78 is 0. The van der Waals surface area contributed by atoms with Crippen LogP contribution < -0.4 is 5.32 Å². The summed E-state index contributed by atoms with van der Waals surface area (Å²) in [6.45, 7) is 3.66. The molecule has 1 rings (SSSR count). The van der Waals surface area contributed by atoms with Gasteiger partial charge in [0.25, 0.3) is 0 Å². The standard InChI is InChI=1S/C12H15N3O/c1-9-4-6-11(7-5-9)14-12(16)15(3)10(2)8-13/h4-7,10H,1-3H3,(H,14,16). The number of benzene rings is 1. The van der Waals surface area contributed by atoms with Gasteiger partial charge in [0, 0.05) is 12.7 Å². The van der Waals surface area contributed by atoms with Crippen molar-refractivity contribution in [2.75, 3.05) is 12.4 Å². The summed E-state index contributed by atoms with van der Waals surface area (Å²) in [5.74, 6) is 0. The van der Waals surface area contributed by atoms with Gasteiger partial charge in [-0.15, -0.1) is 0 Å². The monoisotopic (exact) mass is 217 g/mol. The highest BCUT2D eigenvalue weighted by Gasteiger charge is 2.14. The van der Waals surface area contributed by atoms with E-state index in [1.807, 2.05) is 37.3 Å². The number of nitriles is 1. The van der Waals surface area contributed by atoms with E-state index in [0.717, 1.165) is 11.3 Å². The lowest BCUT2D eigenvalue weighted by Gasteiger charge is -2.19. The highest BCUT2D eigenvalue weighted by molar-refractivity contribution is 5.89. The number of amides is 2. The van der Waals surface area contributed by atoms with E-state index in [0.29, 0.717) is 0 Å². The van der Waals surface area contributed by atoms with Crippen molar-refractivity contribution < 1.29 is 4.79 Å². The first-order chi connectivity index (χ1) is 7.54. The maximum absolute atomic E-state index is 11.7. The number of hydrogen-bond acceptors (Lipinski definition) is 2. The van der Waals surface area contributed by atoms with Gasteiger partial charge >= 0.3 is 6.03 Å². The van der Waals surface area contributed by atoms with E-state index >= 15 is 0 Å². The number of anilines is 1. The molecule has 1 atom stereocenters. The van der Waals surface area contributed by atoms with Gasteiger partial charge < -0.3 is 10.2 Å². The first-order valence-corrected chi connectivity index (χ1v) is 5.04. The maximum atomic E-state index is 11.7. The summed E-state index contributed by atoms with van der Waals surface area (Å²) >= 11 is 0. The minimum Gasteiger partial charge on any atom is -0.312 e. The van der Waals surface area contributed by atoms with E-state index in [1.54, 1.807) is 14.0 Å². The lowest BCUT2D eigenvalue weighted by atomic mass is 10.2. The fraction of sp³-hybridized carbons (Fsp3) is 0.333. The Hall–Kier alpha value is -2.02. The van der Waals surface area contributed by atoms with Crippen molar-refractivity contribution in [3.8, 4) is 6.07 Å². The van der Waals surface area contributed by atoms with Crippen molar-refractivity contribution in [2.24, 2.45) is 0 Å². The molecule has 0 saturated carbocycles. The number of carbonyl (C=O) groups is 1. The van der Waals surface area contributed by atoms with Gasteiger partial charge in [-0.25, -0.2) is 4.79 Å². The van der Waals surface area contributed by atoms with Crippen molar-refractivity contribution in [2.45, 2.75) is 19.9 Å². The highest BCUT2D eigenvalue weighted by atomic mass is 16.2. The van der Waals surface area contributed by atoms with Crippen molar-refractivity contribution in [3.63, 3.8) is 0 Å². The normalized spacial score (nSPS) is 11.4. The zero-order valence-electron chi connectivity index (χ0n) is 9.69. The third kappa shape index (κ3) is 2.99. The summed E-state index contributed by atoms with van der Waals surface area (Å²) in [7, 11) is 1.59. The molecular formula is C12H15N3O. The molecule has 1 aromatic rings. The zero-order valence-corrected chi connectivity index (χ0v) is 9.69. The second-order valence-corrected chi connectivity index (χ2v) is 3.71. The van der Waals surface area contributed by atoms with Crippen molar-refractivity contribution >= 4 is 11.7 Å². The molecule has 0 aliphatic heterocycles. The van der Waals surface area contributed by atoms with Crippen LogP contribution >= 0.6 is 0 Å². The van der Waals surface area contributed by atoms with Crippen LogP contribution in [0.25, 0.3) is 0 Å². The van der Waals surface area contributed by atoms with Crippen LogP contribution in [-0.4, -0.2) is 24.0 Å². The van der Waals surface area contributed by atoms with Crippen LogP contribution in [0.1, 0.15) is 12.5 Å². The van der Waals surface area contributed by atoms with Gasteiger partial charge in [0.15, 0.2) is 0 Å². The van der Waals surface area contributed by atoms with Crippen LogP contribution in [-0.2, 0) is 0 Å². The van der Waals surface area contributed by atoms with Crippen LogP contribution in [0.3, 0.4) is 0 Å². The van der Waals surface area contributed by atoms with Crippen LogP contribution in [0.4, 0.5) is 10.5 Å². The van der Waals surface area contributed by atoms with Crippen molar-refractivity contribution in [3.05, 3.63) is 29.8 Å². The number of carbonyl (C=O) groups excluding carboxylic acids is 1. The number of urea groups is 1. The van der Waals surface area contributed by atoms with Crippen molar-refractivity contribution in [1.29, 1.82) is 5.26 Å². The molecule has 1 aromatic carbocycles. The third-order valence-corrected chi connectivity index (χ3v) is 2.39. The third-order valence-electron chi connectivity index (χ3n) is 2.39. The molecule has 0 heterocycles. The predicted octanol–water partition coefficient (Wildman–Crippen LogP) is 2.37. The Bertz CT molecular complexity index is 405. The molecular weight excluding hydrogens is 202 g/mol. The summed E-state index contributed by atoms with van der Waals surface area (Å²) in [5, 5.41) is 11.4. The van der Waals surface area contributed by atoms with Gasteiger partial charge in [0.1, 0.15) is 6.04 Å². The Morgan fingerprint density at radius 3 is 2.50 bits per heavy atom. The Labute approximate surface area is 95.5 Å². The first kappa shape index (κ1) is 12.1. The van der Waals surface area contributed by atoms with Crippen LogP contribution in [0.5, 0.6) is 0 Å². The van der Waals surface area contributed by atoms with Gasteiger partial charge in [-0.3, -0.25) is 0 Å². The topological polar surface area (TPSA) is 56.1 Å².